The maximum absolute atomic E-state index is 12.8. The number of nitrogens with zero attached hydrogens (tertiary/aromatic N) is 2. The Balaban J connectivity index is 1.51. The van der Waals surface area contributed by atoms with Crippen LogP contribution in [0.3, 0.4) is 0 Å². The number of carbonyl (C=O) groups is 2. The van der Waals surface area contributed by atoms with Crippen LogP contribution in [-0.2, 0) is 16.8 Å². The smallest absolute Gasteiger partial charge is 0.251 e. The molecule has 33 heavy (non-hydrogen) atoms. The number of para-hydroxylation sites is 2. The highest BCUT2D eigenvalue weighted by Gasteiger charge is 2.32. The van der Waals surface area contributed by atoms with Crippen LogP contribution in [0.4, 0.5) is 0 Å². The minimum absolute atomic E-state index is 0.101. The van der Waals surface area contributed by atoms with Crippen LogP contribution in [0.5, 0.6) is 0 Å². The van der Waals surface area contributed by atoms with E-state index in [9.17, 15) is 9.59 Å². The lowest BCUT2D eigenvalue weighted by molar-refractivity contribution is -0.135. The van der Waals surface area contributed by atoms with E-state index in [0.717, 1.165) is 41.7 Å². The molecule has 2 aromatic carbocycles. The van der Waals surface area contributed by atoms with Crippen LogP contribution < -0.4 is 10.8 Å². The van der Waals surface area contributed by atoms with Gasteiger partial charge in [0.25, 0.3) is 5.91 Å². The van der Waals surface area contributed by atoms with E-state index in [-0.39, 0.29) is 17.4 Å². The van der Waals surface area contributed by atoms with Crippen molar-refractivity contribution >= 4 is 22.8 Å². The number of benzene rings is 2. The fourth-order valence-corrected chi connectivity index (χ4v) is 4.70. The van der Waals surface area contributed by atoms with Gasteiger partial charge >= 0.3 is 0 Å². The number of hydroxylamine groups is 1. The van der Waals surface area contributed by atoms with Gasteiger partial charge in [-0.2, -0.15) is 0 Å². The van der Waals surface area contributed by atoms with E-state index < -0.39 is 11.8 Å². The second-order valence-electron chi connectivity index (χ2n) is 9.90. The molecule has 1 heterocycles. The molecule has 1 aliphatic rings. The number of aromatic nitrogens is 2. The minimum Gasteiger partial charge on any atom is -0.349 e. The van der Waals surface area contributed by atoms with Gasteiger partial charge in [-0.05, 0) is 42.7 Å². The van der Waals surface area contributed by atoms with Crippen molar-refractivity contribution in [2.75, 3.05) is 0 Å². The number of fused-ring (bicyclic) bond motifs is 1. The van der Waals surface area contributed by atoms with Gasteiger partial charge in [0.1, 0.15) is 5.82 Å². The lowest BCUT2D eigenvalue weighted by atomic mass is 9.84. The first-order valence-electron chi connectivity index (χ1n) is 11.6. The summed E-state index contributed by atoms with van der Waals surface area (Å²) >= 11 is 0. The maximum atomic E-state index is 12.8. The molecule has 0 aliphatic heterocycles. The number of hydrogen-bond donors (Lipinski definition) is 3. The maximum Gasteiger partial charge on any atom is 0.251 e. The van der Waals surface area contributed by atoms with Crippen LogP contribution in [0.2, 0.25) is 0 Å². The van der Waals surface area contributed by atoms with Gasteiger partial charge in [-0.3, -0.25) is 14.8 Å². The second-order valence-corrected chi connectivity index (χ2v) is 9.90. The molecule has 1 aliphatic carbocycles. The van der Waals surface area contributed by atoms with Crippen LogP contribution in [0.25, 0.3) is 11.0 Å². The molecule has 1 aromatic heterocycles. The van der Waals surface area contributed by atoms with Crippen molar-refractivity contribution in [3.63, 3.8) is 0 Å². The van der Waals surface area contributed by atoms with Crippen molar-refractivity contribution in [2.45, 2.75) is 64.5 Å². The zero-order chi connectivity index (χ0) is 23.6. The summed E-state index contributed by atoms with van der Waals surface area (Å²) in [5.41, 5.74) is 5.34. The lowest BCUT2D eigenvalue weighted by Gasteiger charge is -2.30. The van der Waals surface area contributed by atoms with Gasteiger partial charge in [0.15, 0.2) is 0 Å². The highest BCUT2D eigenvalue weighted by atomic mass is 16.5. The Morgan fingerprint density at radius 1 is 1.06 bits per heavy atom. The van der Waals surface area contributed by atoms with Crippen molar-refractivity contribution in [3.05, 3.63) is 65.5 Å². The third kappa shape index (κ3) is 4.93. The van der Waals surface area contributed by atoms with Gasteiger partial charge in [-0.15, -0.1) is 0 Å². The van der Waals surface area contributed by atoms with Gasteiger partial charge in [0.05, 0.1) is 17.0 Å². The molecule has 3 N–H and O–H groups in total. The number of imidazole rings is 1. The quantitative estimate of drug-likeness (QED) is 0.403. The summed E-state index contributed by atoms with van der Waals surface area (Å²) in [5, 5.41) is 12.0. The van der Waals surface area contributed by atoms with E-state index in [1.807, 2.05) is 42.5 Å². The molecule has 1 saturated carbocycles. The Morgan fingerprint density at radius 2 is 1.76 bits per heavy atom. The van der Waals surface area contributed by atoms with Crippen LogP contribution >= 0.6 is 0 Å². The van der Waals surface area contributed by atoms with E-state index in [2.05, 4.69) is 36.7 Å². The van der Waals surface area contributed by atoms with Gasteiger partial charge in [0.2, 0.25) is 5.91 Å². The van der Waals surface area contributed by atoms with E-state index in [1.54, 1.807) is 5.48 Å². The number of rotatable bonds is 5. The molecule has 0 radical (unpaired) electrons. The fraction of sp³-hybridized carbons (Fsp3) is 0.423. The third-order valence-corrected chi connectivity index (χ3v) is 6.41. The van der Waals surface area contributed by atoms with E-state index in [1.165, 1.54) is 0 Å². The van der Waals surface area contributed by atoms with E-state index in [0.29, 0.717) is 18.5 Å². The fourth-order valence-electron chi connectivity index (χ4n) is 4.70. The van der Waals surface area contributed by atoms with E-state index in [4.69, 9.17) is 10.2 Å². The minimum atomic E-state index is -0.433. The average molecular weight is 449 g/mol. The van der Waals surface area contributed by atoms with Gasteiger partial charge in [-0.25, -0.2) is 10.5 Å². The molecular formula is C26H32N4O3. The molecule has 7 nitrogen and oxygen atoms in total. The zero-order valence-corrected chi connectivity index (χ0v) is 19.5. The van der Waals surface area contributed by atoms with Gasteiger partial charge < -0.3 is 9.88 Å². The molecule has 2 amide bonds. The lowest BCUT2D eigenvalue weighted by Crippen LogP contribution is -2.47. The zero-order valence-electron chi connectivity index (χ0n) is 19.5. The molecule has 3 aromatic rings. The number of hydrogen-bond acceptors (Lipinski definition) is 4. The molecule has 0 saturated heterocycles. The SMILES string of the molecule is CC(C)(C)c1nc2ccccc2n1Cc1ccc(C(=O)N[C@@H]2CCCC[C@@H]2C(=O)NO)cc1. The normalized spacial score (nSPS) is 18.8. The van der Waals surface area contributed by atoms with Crippen molar-refractivity contribution in [3.8, 4) is 0 Å². The first-order chi connectivity index (χ1) is 15.8. The van der Waals surface area contributed by atoms with Crippen LogP contribution in [-0.4, -0.2) is 32.6 Å². The van der Waals surface area contributed by atoms with Crippen LogP contribution in [0, 0.1) is 5.92 Å². The number of nitrogens with one attached hydrogen (secondary N) is 2. The molecule has 4 rings (SSSR count). The van der Waals surface area contributed by atoms with Crippen molar-refractivity contribution < 1.29 is 14.8 Å². The Labute approximate surface area is 194 Å². The highest BCUT2D eigenvalue weighted by molar-refractivity contribution is 5.95. The van der Waals surface area contributed by atoms with Gasteiger partial charge in [0, 0.05) is 23.6 Å². The number of carbonyl (C=O) groups excluding carboxylic acids is 2. The van der Waals surface area contributed by atoms with Crippen LogP contribution in [0.15, 0.2) is 48.5 Å². The van der Waals surface area contributed by atoms with Crippen molar-refractivity contribution in [1.29, 1.82) is 0 Å². The van der Waals surface area contributed by atoms with Crippen molar-refractivity contribution in [1.82, 2.24) is 20.3 Å². The first kappa shape index (κ1) is 23.0. The molecular weight excluding hydrogens is 416 g/mol. The Kier molecular flexibility index (Phi) is 6.51. The van der Waals surface area contributed by atoms with E-state index >= 15 is 0 Å². The number of amides is 2. The summed E-state index contributed by atoms with van der Waals surface area (Å²) in [4.78, 5) is 29.7. The summed E-state index contributed by atoms with van der Waals surface area (Å²) in [6, 6.07) is 15.5. The molecule has 0 spiro atoms. The predicted octanol–water partition coefficient (Wildman–Crippen LogP) is 4.18. The topological polar surface area (TPSA) is 96.2 Å². The molecule has 0 bridgehead atoms. The average Bonchev–Trinajstić information content (AvgIpc) is 3.18. The Hall–Kier alpha value is -3.19. The summed E-state index contributed by atoms with van der Waals surface area (Å²) < 4.78 is 2.24. The molecule has 7 heteroatoms. The standard InChI is InChI=1S/C26H32N4O3/c1-26(2,3)25-28-21-10-6-7-11-22(21)30(25)16-17-12-14-18(15-13-17)23(31)27-20-9-5-4-8-19(20)24(32)29-33/h6-7,10-15,19-20,33H,4-5,8-9,16H2,1-3H3,(H,27,31)(H,29,32)/t19-,20+/m0/s1. The van der Waals surface area contributed by atoms with Crippen molar-refractivity contribution in [2.24, 2.45) is 5.92 Å². The second kappa shape index (κ2) is 9.35. The molecule has 174 valence electrons. The summed E-state index contributed by atoms with van der Waals surface area (Å²) in [5.74, 6) is -0.0152. The summed E-state index contributed by atoms with van der Waals surface area (Å²) in [6.45, 7) is 7.14. The monoisotopic (exact) mass is 448 g/mol. The highest BCUT2D eigenvalue weighted by Crippen LogP contribution is 2.28. The summed E-state index contributed by atoms with van der Waals surface area (Å²) in [6.07, 6.45) is 3.25. The molecule has 0 unspecified atom stereocenters. The van der Waals surface area contributed by atoms with Gasteiger partial charge in [-0.1, -0.05) is 57.9 Å². The third-order valence-electron chi connectivity index (χ3n) is 6.41. The largest absolute Gasteiger partial charge is 0.349 e. The van der Waals surface area contributed by atoms with Crippen LogP contribution in [0.1, 0.15) is 68.2 Å². The Bertz CT molecular complexity index is 1140. The first-order valence-corrected chi connectivity index (χ1v) is 11.6. The Morgan fingerprint density at radius 3 is 2.45 bits per heavy atom. The molecule has 1 fully saturated rings. The molecule has 2 atom stereocenters. The predicted molar refractivity (Wildman–Crippen MR) is 127 cm³/mol. The summed E-state index contributed by atoms with van der Waals surface area (Å²) in [7, 11) is 0.